The number of aromatic nitrogens is 2. The lowest BCUT2D eigenvalue weighted by Gasteiger charge is -2.13. The van der Waals surface area contributed by atoms with Gasteiger partial charge in [-0.05, 0) is 61.1 Å². The van der Waals surface area contributed by atoms with Crippen molar-refractivity contribution in [2.45, 2.75) is 32.3 Å². The first-order valence-electron chi connectivity index (χ1n) is 10.2. The van der Waals surface area contributed by atoms with E-state index < -0.39 is 0 Å². The molecule has 4 aromatic rings. The van der Waals surface area contributed by atoms with Crippen LogP contribution in [0.3, 0.4) is 0 Å². The monoisotopic (exact) mass is 384 g/mol. The molecule has 0 atom stereocenters. The van der Waals surface area contributed by atoms with E-state index in [-0.39, 0.29) is 5.56 Å². The summed E-state index contributed by atoms with van der Waals surface area (Å²) in [6.07, 6.45) is 6.57. The Balaban J connectivity index is 1.46. The van der Waals surface area contributed by atoms with E-state index in [1.165, 1.54) is 35.0 Å². The van der Waals surface area contributed by atoms with Crippen molar-refractivity contribution in [3.8, 4) is 11.4 Å². The molecular weight excluding hydrogens is 360 g/mol. The minimum atomic E-state index is -0.0836. The van der Waals surface area contributed by atoms with Gasteiger partial charge < -0.3 is 9.30 Å². The summed E-state index contributed by atoms with van der Waals surface area (Å²) in [7, 11) is 2.15. The smallest absolute Gasteiger partial charge is 0.258 e. The Hall–Kier alpha value is -3.27. The van der Waals surface area contributed by atoms with Crippen molar-refractivity contribution >= 4 is 10.9 Å². The minimum absolute atomic E-state index is 0.0836. The van der Waals surface area contributed by atoms with Crippen LogP contribution in [0, 0.1) is 0 Å². The Morgan fingerprint density at radius 2 is 1.79 bits per heavy atom. The van der Waals surface area contributed by atoms with Crippen LogP contribution in [0.5, 0.6) is 5.75 Å². The molecule has 0 spiro atoms. The number of benzene rings is 2. The first-order chi connectivity index (χ1) is 14.2. The van der Waals surface area contributed by atoms with Crippen LogP contribution in [0.4, 0.5) is 0 Å². The van der Waals surface area contributed by atoms with Gasteiger partial charge in [-0.2, -0.15) is 0 Å². The number of aryl methyl sites for hydroxylation is 2. The molecule has 0 radical (unpaired) electrons. The fourth-order valence-corrected chi connectivity index (χ4v) is 4.41. The maximum atomic E-state index is 12.8. The fourth-order valence-electron chi connectivity index (χ4n) is 4.41. The molecule has 4 nitrogen and oxygen atoms in total. The molecule has 0 amide bonds. The molecule has 4 heteroatoms. The van der Waals surface area contributed by atoms with Crippen LogP contribution in [0.25, 0.3) is 16.6 Å². The molecule has 0 saturated heterocycles. The Labute approximate surface area is 170 Å². The number of hydrogen-bond donors (Lipinski definition) is 0. The third kappa shape index (κ3) is 3.25. The normalized spacial score (nSPS) is 13.4. The number of rotatable bonds is 4. The Kier molecular flexibility index (Phi) is 4.47. The van der Waals surface area contributed by atoms with Gasteiger partial charge >= 0.3 is 0 Å². The third-order valence-electron chi connectivity index (χ3n) is 5.93. The molecule has 0 aliphatic heterocycles. The maximum Gasteiger partial charge on any atom is 0.258 e. The van der Waals surface area contributed by atoms with Gasteiger partial charge in [-0.25, -0.2) is 0 Å². The van der Waals surface area contributed by atoms with Crippen molar-refractivity contribution in [1.29, 1.82) is 0 Å². The highest BCUT2D eigenvalue weighted by Gasteiger charge is 2.18. The van der Waals surface area contributed by atoms with Crippen molar-refractivity contribution in [2.24, 2.45) is 7.05 Å². The summed E-state index contributed by atoms with van der Waals surface area (Å²) < 4.78 is 9.80. The van der Waals surface area contributed by atoms with Gasteiger partial charge in [0.15, 0.2) is 0 Å². The van der Waals surface area contributed by atoms with Gasteiger partial charge in [0.25, 0.3) is 5.56 Å². The van der Waals surface area contributed by atoms with Crippen LogP contribution in [0.2, 0.25) is 0 Å². The summed E-state index contributed by atoms with van der Waals surface area (Å²) in [5.74, 6) is 0.591. The fraction of sp³-hybridized carbons (Fsp3) is 0.240. The number of pyridine rings is 1. The van der Waals surface area contributed by atoms with Crippen LogP contribution in [0.1, 0.15) is 29.7 Å². The van der Waals surface area contributed by atoms with E-state index >= 15 is 0 Å². The van der Waals surface area contributed by atoms with E-state index in [1.54, 1.807) is 16.8 Å². The first kappa shape index (κ1) is 17.8. The molecule has 1 aliphatic rings. The topological polar surface area (TPSA) is 36.2 Å². The highest BCUT2D eigenvalue weighted by Crippen LogP contribution is 2.32. The van der Waals surface area contributed by atoms with E-state index in [2.05, 4.69) is 23.7 Å². The van der Waals surface area contributed by atoms with Crippen molar-refractivity contribution < 1.29 is 4.74 Å². The van der Waals surface area contributed by atoms with Gasteiger partial charge in [-0.3, -0.25) is 9.36 Å². The third-order valence-corrected chi connectivity index (χ3v) is 5.93. The average molecular weight is 384 g/mol. The molecular formula is C25H24N2O2. The van der Waals surface area contributed by atoms with Crippen LogP contribution in [0.15, 0.2) is 71.7 Å². The molecule has 2 heterocycles. The molecule has 0 saturated carbocycles. The first-order valence-corrected chi connectivity index (χ1v) is 10.2. The standard InChI is InChI=1S/C25H24N2O2/c1-26-23-10-6-5-9-21(23)22-15-19(11-12-24(22)26)27-14-13-20(16-25(27)28)29-17-18-7-3-2-4-8-18/h2-4,7-8,11-16H,5-6,9-10,17H2,1H3. The van der Waals surface area contributed by atoms with E-state index in [9.17, 15) is 4.79 Å². The van der Waals surface area contributed by atoms with Crippen molar-refractivity contribution in [1.82, 2.24) is 9.13 Å². The summed E-state index contributed by atoms with van der Waals surface area (Å²) in [5, 5.41) is 1.27. The number of nitrogens with zero attached hydrogens (tertiary/aromatic N) is 2. The molecule has 0 fully saturated rings. The number of hydrogen-bond acceptors (Lipinski definition) is 2. The second-order valence-electron chi connectivity index (χ2n) is 7.74. The van der Waals surface area contributed by atoms with Crippen LogP contribution in [-0.2, 0) is 26.5 Å². The van der Waals surface area contributed by atoms with E-state index in [4.69, 9.17) is 4.74 Å². The van der Waals surface area contributed by atoms with Crippen molar-refractivity contribution in [2.75, 3.05) is 0 Å². The highest BCUT2D eigenvalue weighted by molar-refractivity contribution is 5.87. The second-order valence-corrected chi connectivity index (χ2v) is 7.74. The van der Waals surface area contributed by atoms with E-state index in [1.807, 2.05) is 42.5 Å². The SMILES string of the molecule is Cn1c2c(c3cc(-n4ccc(OCc5ccccc5)cc4=O)ccc31)CCCC2. The zero-order valence-corrected chi connectivity index (χ0v) is 16.6. The Morgan fingerprint density at radius 3 is 2.62 bits per heavy atom. The molecule has 0 bridgehead atoms. The van der Waals surface area contributed by atoms with Gasteiger partial charge in [0.05, 0.1) is 0 Å². The average Bonchev–Trinajstić information content (AvgIpc) is 3.05. The molecule has 2 aromatic carbocycles. The largest absolute Gasteiger partial charge is 0.489 e. The zero-order valence-electron chi connectivity index (χ0n) is 16.6. The molecule has 5 rings (SSSR count). The summed E-state index contributed by atoms with van der Waals surface area (Å²) in [5.41, 5.74) is 6.04. The van der Waals surface area contributed by atoms with Gasteiger partial charge in [-0.1, -0.05) is 30.3 Å². The van der Waals surface area contributed by atoms with Crippen LogP contribution < -0.4 is 10.3 Å². The number of ether oxygens (including phenoxy) is 1. The molecule has 146 valence electrons. The molecule has 0 unspecified atom stereocenters. The summed E-state index contributed by atoms with van der Waals surface area (Å²) in [6, 6.07) is 19.7. The molecule has 1 aliphatic carbocycles. The zero-order chi connectivity index (χ0) is 19.8. The highest BCUT2D eigenvalue weighted by atomic mass is 16.5. The minimum Gasteiger partial charge on any atom is -0.489 e. The van der Waals surface area contributed by atoms with E-state index in [0.717, 1.165) is 24.1 Å². The predicted octanol–water partition coefficient (Wildman–Crippen LogP) is 4.79. The molecule has 29 heavy (non-hydrogen) atoms. The van der Waals surface area contributed by atoms with Gasteiger partial charge in [0.1, 0.15) is 12.4 Å². The Bertz CT molecular complexity index is 1240. The molecule has 2 aromatic heterocycles. The Morgan fingerprint density at radius 1 is 0.966 bits per heavy atom. The lowest BCUT2D eigenvalue weighted by Crippen LogP contribution is -2.16. The molecule has 0 N–H and O–H groups in total. The summed E-state index contributed by atoms with van der Waals surface area (Å²) in [6.45, 7) is 0.451. The quantitative estimate of drug-likeness (QED) is 0.507. The predicted molar refractivity (Wildman–Crippen MR) is 116 cm³/mol. The van der Waals surface area contributed by atoms with Crippen molar-refractivity contribution in [3.05, 3.63) is 94.0 Å². The lowest BCUT2D eigenvalue weighted by atomic mass is 9.95. The summed E-state index contributed by atoms with van der Waals surface area (Å²) >= 11 is 0. The van der Waals surface area contributed by atoms with E-state index in [0.29, 0.717) is 12.4 Å². The van der Waals surface area contributed by atoms with Crippen molar-refractivity contribution in [3.63, 3.8) is 0 Å². The maximum absolute atomic E-state index is 12.8. The van der Waals surface area contributed by atoms with Gasteiger partial charge in [-0.15, -0.1) is 0 Å². The van der Waals surface area contributed by atoms with Gasteiger partial charge in [0.2, 0.25) is 0 Å². The summed E-state index contributed by atoms with van der Waals surface area (Å²) in [4.78, 5) is 12.8. The van der Waals surface area contributed by atoms with Crippen LogP contribution in [-0.4, -0.2) is 9.13 Å². The lowest BCUT2D eigenvalue weighted by molar-refractivity contribution is 0.305. The van der Waals surface area contributed by atoms with Gasteiger partial charge in [0, 0.05) is 41.6 Å². The second kappa shape index (κ2) is 7.28. The van der Waals surface area contributed by atoms with Crippen LogP contribution >= 0.6 is 0 Å². The number of fused-ring (bicyclic) bond motifs is 3.